The summed E-state index contributed by atoms with van der Waals surface area (Å²) in [5.41, 5.74) is 7.67. The van der Waals surface area contributed by atoms with E-state index in [1.54, 1.807) is 0 Å². The van der Waals surface area contributed by atoms with Crippen LogP contribution in [-0.2, 0) is 9.59 Å². The fourth-order valence-corrected chi connectivity index (χ4v) is 0.524. The summed E-state index contributed by atoms with van der Waals surface area (Å²) in [6.07, 6.45) is 0.946. The van der Waals surface area contributed by atoms with E-state index in [0.717, 1.165) is 6.08 Å². The molecule has 14 heavy (non-hydrogen) atoms. The molecule has 0 aromatic rings. The van der Waals surface area contributed by atoms with Gasteiger partial charge in [-0.2, -0.15) is 0 Å². The number of carbonyl (C=O) groups excluding carboxylic acids is 2. The van der Waals surface area contributed by atoms with Crippen LogP contribution >= 0.6 is 0 Å². The number of nitrogens with zero attached hydrogens (tertiary/aromatic N) is 3. The maximum atomic E-state index is 10.5. The number of rotatable bonds is 2. The monoisotopic (exact) mass is 200 g/mol. The van der Waals surface area contributed by atoms with Crippen molar-refractivity contribution in [2.24, 2.45) is 5.11 Å². The number of hydrogen-bond donors (Lipinski definition) is 3. The van der Waals surface area contributed by atoms with E-state index in [1.165, 1.54) is 0 Å². The number of azide groups is 1. The summed E-state index contributed by atoms with van der Waals surface area (Å²) in [6.45, 7) is -0.250. The summed E-state index contributed by atoms with van der Waals surface area (Å²) < 4.78 is 0. The lowest BCUT2D eigenvalue weighted by molar-refractivity contribution is -0.123. The average Bonchev–Trinajstić information content (AvgIpc) is 2.47. The molecule has 0 atom stereocenters. The van der Waals surface area contributed by atoms with E-state index >= 15 is 0 Å². The second-order valence-electron chi connectivity index (χ2n) is 1.98. The lowest BCUT2D eigenvalue weighted by Crippen LogP contribution is -2.21. The van der Waals surface area contributed by atoms with Gasteiger partial charge in [0.15, 0.2) is 0 Å². The van der Waals surface area contributed by atoms with Crippen LogP contribution in [0.2, 0.25) is 0 Å². The number of imide groups is 1. The van der Waals surface area contributed by atoms with E-state index in [2.05, 4.69) is 10.0 Å². The van der Waals surface area contributed by atoms with Gasteiger partial charge >= 0.3 is 0 Å². The van der Waals surface area contributed by atoms with Gasteiger partial charge in [0.2, 0.25) is 0 Å². The minimum absolute atomic E-state index is 0.125. The third-order valence-electron chi connectivity index (χ3n) is 0.990. The average molecular weight is 200 g/mol. The molecule has 0 fully saturated rings. The predicted octanol–water partition coefficient (Wildman–Crippen LogP) is -1.19. The fourth-order valence-electron chi connectivity index (χ4n) is 0.524. The summed E-state index contributed by atoms with van der Waals surface area (Å²) in [6, 6.07) is 0. The van der Waals surface area contributed by atoms with Gasteiger partial charge in [0.1, 0.15) is 5.70 Å². The predicted molar refractivity (Wildman–Crippen MR) is 44.6 cm³/mol. The lowest BCUT2D eigenvalue weighted by atomic mass is 10.5. The Hall–Kier alpha value is -1.89. The molecule has 8 nitrogen and oxygen atoms in total. The summed E-state index contributed by atoms with van der Waals surface area (Å²) in [7, 11) is 0. The van der Waals surface area contributed by atoms with Crippen LogP contribution in [-0.4, -0.2) is 35.2 Å². The van der Waals surface area contributed by atoms with E-state index in [4.69, 9.17) is 15.7 Å². The molecule has 1 rings (SSSR count). The summed E-state index contributed by atoms with van der Waals surface area (Å²) >= 11 is 0. The molecule has 0 saturated carbocycles. The summed E-state index contributed by atoms with van der Waals surface area (Å²) in [5.74, 6) is -1.20. The van der Waals surface area contributed by atoms with Crippen molar-refractivity contribution in [1.29, 1.82) is 0 Å². The van der Waals surface area contributed by atoms with Crippen LogP contribution in [0.25, 0.3) is 10.4 Å². The first kappa shape index (κ1) is 12.1. The maximum Gasteiger partial charge on any atom is 0.260 e. The van der Waals surface area contributed by atoms with Crippen LogP contribution in [0.5, 0.6) is 0 Å². The Morgan fingerprint density at radius 2 is 2.00 bits per heavy atom. The van der Waals surface area contributed by atoms with Crippen LogP contribution in [0.4, 0.5) is 0 Å². The molecule has 0 unspecified atom stereocenters. The Balaban J connectivity index is 0.000000364. The second kappa shape index (κ2) is 6.61. The van der Waals surface area contributed by atoms with Gasteiger partial charge in [-0.1, -0.05) is 5.11 Å². The van der Waals surface area contributed by atoms with Crippen LogP contribution in [0.15, 0.2) is 16.9 Å². The molecule has 0 aliphatic carbocycles. The normalized spacial score (nSPS) is 13.4. The SMILES string of the molecule is OCCO.[N-]=[N+]=NC1=CC(=O)NC1=O. The molecule has 0 radical (unpaired) electrons. The number of carbonyl (C=O) groups is 2. The van der Waals surface area contributed by atoms with Gasteiger partial charge in [0.25, 0.3) is 11.8 Å². The Kier molecular flexibility index (Phi) is 5.72. The Morgan fingerprint density at radius 1 is 1.43 bits per heavy atom. The topological polar surface area (TPSA) is 135 Å². The molecule has 0 spiro atoms. The van der Waals surface area contributed by atoms with Crippen molar-refractivity contribution in [3.05, 3.63) is 22.2 Å². The van der Waals surface area contributed by atoms with Gasteiger partial charge in [-0.25, -0.2) is 0 Å². The van der Waals surface area contributed by atoms with E-state index < -0.39 is 11.8 Å². The van der Waals surface area contributed by atoms with Crippen molar-refractivity contribution in [3.8, 4) is 0 Å². The minimum atomic E-state index is -0.650. The van der Waals surface area contributed by atoms with E-state index in [0.29, 0.717) is 0 Å². The molecular formula is C6H8N4O4. The third-order valence-corrected chi connectivity index (χ3v) is 0.990. The molecule has 0 bridgehead atoms. The van der Waals surface area contributed by atoms with Crippen LogP contribution < -0.4 is 5.32 Å². The fraction of sp³-hybridized carbons (Fsp3) is 0.333. The molecule has 0 aromatic carbocycles. The summed E-state index contributed by atoms with van der Waals surface area (Å²) in [4.78, 5) is 23.2. The zero-order valence-electron chi connectivity index (χ0n) is 7.04. The van der Waals surface area contributed by atoms with E-state index in [1.807, 2.05) is 5.32 Å². The highest BCUT2D eigenvalue weighted by atomic mass is 16.3. The third kappa shape index (κ3) is 4.21. The van der Waals surface area contributed by atoms with E-state index in [-0.39, 0.29) is 18.9 Å². The lowest BCUT2D eigenvalue weighted by Gasteiger charge is -1.84. The van der Waals surface area contributed by atoms with Crippen molar-refractivity contribution in [2.75, 3.05) is 13.2 Å². The van der Waals surface area contributed by atoms with Crippen molar-refractivity contribution >= 4 is 11.8 Å². The first-order valence-corrected chi connectivity index (χ1v) is 3.49. The van der Waals surface area contributed by atoms with Crippen molar-refractivity contribution in [1.82, 2.24) is 5.32 Å². The van der Waals surface area contributed by atoms with Crippen LogP contribution in [0.3, 0.4) is 0 Å². The molecule has 1 heterocycles. The number of aliphatic hydroxyl groups excluding tert-OH is 2. The first-order chi connectivity index (χ1) is 6.65. The van der Waals surface area contributed by atoms with Gasteiger partial charge < -0.3 is 10.2 Å². The minimum Gasteiger partial charge on any atom is -0.394 e. The molecule has 1 aliphatic heterocycles. The molecule has 3 N–H and O–H groups in total. The highest BCUT2D eigenvalue weighted by Gasteiger charge is 2.18. The molecule has 8 heteroatoms. The highest BCUT2D eigenvalue weighted by molar-refractivity contribution is 6.15. The number of hydrogen-bond acceptors (Lipinski definition) is 5. The van der Waals surface area contributed by atoms with Gasteiger partial charge in [-0.3, -0.25) is 14.9 Å². The molecule has 0 aromatic heterocycles. The van der Waals surface area contributed by atoms with Crippen molar-refractivity contribution in [3.63, 3.8) is 0 Å². The number of aliphatic hydroxyl groups is 2. The smallest absolute Gasteiger partial charge is 0.260 e. The quantitative estimate of drug-likeness (QED) is 0.223. The van der Waals surface area contributed by atoms with Crippen molar-refractivity contribution in [2.45, 2.75) is 0 Å². The molecular weight excluding hydrogens is 192 g/mol. The van der Waals surface area contributed by atoms with Gasteiger partial charge in [0, 0.05) is 11.0 Å². The van der Waals surface area contributed by atoms with E-state index in [9.17, 15) is 9.59 Å². The standard InChI is InChI=1S/C4H2N4O2.C2H6O2/c5-8-7-2-1-3(9)6-4(2)10;3-1-2-4/h1H,(H,6,9,10);3-4H,1-2H2. The molecule has 76 valence electrons. The van der Waals surface area contributed by atoms with Crippen LogP contribution in [0, 0.1) is 0 Å². The zero-order chi connectivity index (χ0) is 11.0. The zero-order valence-corrected chi connectivity index (χ0v) is 7.04. The molecule has 0 saturated heterocycles. The first-order valence-electron chi connectivity index (χ1n) is 3.49. The maximum absolute atomic E-state index is 10.5. The number of amides is 2. The van der Waals surface area contributed by atoms with Crippen molar-refractivity contribution < 1.29 is 19.8 Å². The Morgan fingerprint density at radius 3 is 2.29 bits per heavy atom. The summed E-state index contributed by atoms with van der Waals surface area (Å²) in [5, 5.41) is 20.1. The molecule has 1 aliphatic rings. The Bertz CT molecular complexity index is 303. The number of nitrogens with one attached hydrogen (secondary N) is 1. The Labute approximate surface area is 78.5 Å². The van der Waals surface area contributed by atoms with Crippen LogP contribution in [0.1, 0.15) is 0 Å². The van der Waals surface area contributed by atoms with Gasteiger partial charge in [-0.15, -0.1) is 0 Å². The molecule has 2 amide bonds. The highest BCUT2D eigenvalue weighted by Crippen LogP contribution is 2.02. The van der Waals surface area contributed by atoms with Gasteiger partial charge in [0.05, 0.1) is 13.2 Å². The second-order valence-corrected chi connectivity index (χ2v) is 1.98. The van der Waals surface area contributed by atoms with Gasteiger partial charge in [-0.05, 0) is 5.53 Å². The largest absolute Gasteiger partial charge is 0.394 e.